The third-order valence-electron chi connectivity index (χ3n) is 13.3. The lowest BCUT2D eigenvalue weighted by Gasteiger charge is -2.72. The van der Waals surface area contributed by atoms with Gasteiger partial charge in [-0.1, -0.05) is 53.2 Å². The Kier molecular flexibility index (Phi) is 5.77. The Morgan fingerprint density at radius 1 is 0.917 bits per heavy atom. The zero-order valence-corrected chi connectivity index (χ0v) is 23.0. The fourth-order valence-electron chi connectivity index (χ4n) is 10.7. The molecule has 6 nitrogen and oxygen atoms in total. The minimum atomic E-state index is -1.31. The van der Waals surface area contributed by atoms with Crippen LogP contribution in [0.1, 0.15) is 92.9 Å². The van der Waals surface area contributed by atoms with Crippen molar-refractivity contribution in [2.75, 3.05) is 6.61 Å². The first-order valence-corrected chi connectivity index (χ1v) is 14.1. The average molecular weight is 505 g/mol. The highest BCUT2D eigenvalue weighted by molar-refractivity contribution is 5.76. The van der Waals surface area contributed by atoms with Gasteiger partial charge in [0.15, 0.2) is 0 Å². The van der Waals surface area contributed by atoms with Crippen molar-refractivity contribution in [1.29, 1.82) is 0 Å². The van der Waals surface area contributed by atoms with Crippen LogP contribution in [0.2, 0.25) is 0 Å². The fraction of sp³-hybridized carbons (Fsp3) is 0.900. The minimum Gasteiger partial charge on any atom is -0.481 e. The first-order chi connectivity index (χ1) is 16.5. The van der Waals surface area contributed by atoms with Gasteiger partial charge in [0.2, 0.25) is 0 Å². The van der Waals surface area contributed by atoms with Crippen LogP contribution in [-0.4, -0.2) is 56.4 Å². The number of aliphatic carboxylic acids is 1. The molecule has 0 heterocycles. The van der Waals surface area contributed by atoms with Gasteiger partial charge in [0.25, 0.3) is 0 Å². The Hall–Kier alpha value is -0.950. The second-order valence-corrected chi connectivity index (χ2v) is 15.1. The smallest absolute Gasteiger partial charge is 0.310 e. The van der Waals surface area contributed by atoms with Crippen molar-refractivity contribution in [3.05, 3.63) is 11.6 Å². The number of aliphatic hydroxyl groups is 4. The molecular weight excluding hydrogens is 456 g/mol. The van der Waals surface area contributed by atoms with Gasteiger partial charge >= 0.3 is 5.97 Å². The fourth-order valence-corrected chi connectivity index (χ4v) is 10.7. The molecule has 5 aliphatic rings. The standard InChI is InChI=1S/C30H48O6/c1-25(2)11-13-30(24(35)36)14-12-27(4)17(18(30)15-25)7-8-20-28(27,5)10-9-19-26(3,16-31)22(33)21(32)23(34)29(19,20)6/h7,18-23,31-34H,8-16H2,1-6H3,(H,35,36). The third kappa shape index (κ3) is 2.96. The number of fused-ring (bicyclic) bond motifs is 7. The zero-order valence-electron chi connectivity index (χ0n) is 23.0. The molecule has 11 unspecified atom stereocenters. The first kappa shape index (κ1) is 26.6. The SMILES string of the molecule is CC1(C)CCC2(C(=O)O)CCC3(C)C(=CCC4C5(C)C(O)C(O)C(O)C(C)(CO)C5CCC43C)C2C1. The van der Waals surface area contributed by atoms with Gasteiger partial charge in [-0.3, -0.25) is 4.79 Å². The molecule has 5 aliphatic carbocycles. The van der Waals surface area contributed by atoms with E-state index in [1.807, 2.05) is 6.92 Å². The molecule has 5 rings (SSSR count). The predicted molar refractivity (Wildman–Crippen MR) is 137 cm³/mol. The summed E-state index contributed by atoms with van der Waals surface area (Å²) in [4.78, 5) is 12.8. The second-order valence-electron chi connectivity index (χ2n) is 15.1. The molecule has 5 N–H and O–H groups in total. The van der Waals surface area contributed by atoms with Gasteiger partial charge in [0.1, 0.15) is 6.10 Å². The van der Waals surface area contributed by atoms with Crippen molar-refractivity contribution in [2.45, 2.75) is 111 Å². The number of carboxylic acids is 1. The van der Waals surface area contributed by atoms with E-state index in [9.17, 15) is 30.3 Å². The average Bonchev–Trinajstić information content (AvgIpc) is 2.81. The molecule has 6 heteroatoms. The van der Waals surface area contributed by atoms with E-state index < -0.39 is 40.5 Å². The maximum atomic E-state index is 12.8. The van der Waals surface area contributed by atoms with Crippen molar-refractivity contribution in [2.24, 2.45) is 50.2 Å². The Balaban J connectivity index is 1.64. The molecule has 0 radical (unpaired) electrons. The Bertz CT molecular complexity index is 974. The molecule has 0 aliphatic heterocycles. The summed E-state index contributed by atoms with van der Waals surface area (Å²) in [6, 6.07) is 0. The van der Waals surface area contributed by atoms with Crippen LogP contribution in [0.15, 0.2) is 11.6 Å². The van der Waals surface area contributed by atoms with Crippen LogP contribution in [0.4, 0.5) is 0 Å². The topological polar surface area (TPSA) is 118 Å². The van der Waals surface area contributed by atoms with Gasteiger partial charge in [-0.15, -0.1) is 0 Å². The summed E-state index contributed by atoms with van der Waals surface area (Å²) in [6.45, 7) is 12.9. The summed E-state index contributed by atoms with van der Waals surface area (Å²) in [7, 11) is 0. The van der Waals surface area contributed by atoms with E-state index in [1.54, 1.807) is 0 Å². The monoisotopic (exact) mass is 504 g/mol. The van der Waals surface area contributed by atoms with Gasteiger partial charge in [-0.25, -0.2) is 0 Å². The van der Waals surface area contributed by atoms with Crippen molar-refractivity contribution < 1.29 is 30.3 Å². The summed E-state index contributed by atoms with van der Waals surface area (Å²) in [6.07, 6.45) is 5.16. The number of carboxylic acid groups (broad SMARTS) is 1. The molecule has 36 heavy (non-hydrogen) atoms. The van der Waals surface area contributed by atoms with Crippen LogP contribution in [0.25, 0.3) is 0 Å². The molecule has 4 saturated carbocycles. The van der Waals surface area contributed by atoms with Crippen molar-refractivity contribution in [1.82, 2.24) is 0 Å². The van der Waals surface area contributed by atoms with Crippen molar-refractivity contribution in [3.8, 4) is 0 Å². The minimum absolute atomic E-state index is 0.0206. The van der Waals surface area contributed by atoms with Crippen LogP contribution in [0, 0.1) is 50.2 Å². The molecule has 204 valence electrons. The lowest BCUT2D eigenvalue weighted by atomic mass is 9.33. The Labute approximate surface area is 216 Å². The van der Waals surface area contributed by atoms with Gasteiger partial charge in [-0.2, -0.15) is 0 Å². The molecule has 0 aromatic heterocycles. The van der Waals surface area contributed by atoms with Gasteiger partial charge in [0.05, 0.1) is 24.2 Å². The quantitative estimate of drug-likeness (QED) is 0.361. The summed E-state index contributed by atoms with van der Waals surface area (Å²) in [5.41, 5.74) is -1.22. The van der Waals surface area contributed by atoms with Gasteiger partial charge in [-0.05, 0) is 85.4 Å². The molecular formula is C30H48O6. The van der Waals surface area contributed by atoms with E-state index in [-0.39, 0.29) is 40.6 Å². The highest BCUT2D eigenvalue weighted by Crippen LogP contribution is 2.75. The lowest BCUT2D eigenvalue weighted by Crippen LogP contribution is -2.73. The van der Waals surface area contributed by atoms with E-state index in [2.05, 4.69) is 40.7 Å². The zero-order chi connectivity index (χ0) is 26.7. The van der Waals surface area contributed by atoms with Gasteiger partial charge < -0.3 is 25.5 Å². The molecule has 11 atom stereocenters. The van der Waals surface area contributed by atoms with Gasteiger partial charge in [0, 0.05) is 10.8 Å². The summed E-state index contributed by atoms with van der Waals surface area (Å²) >= 11 is 0. The lowest BCUT2D eigenvalue weighted by molar-refractivity contribution is -0.287. The van der Waals surface area contributed by atoms with Crippen LogP contribution < -0.4 is 0 Å². The highest BCUT2D eigenvalue weighted by atomic mass is 16.4. The van der Waals surface area contributed by atoms with Crippen LogP contribution >= 0.6 is 0 Å². The third-order valence-corrected chi connectivity index (χ3v) is 13.3. The van der Waals surface area contributed by atoms with E-state index in [4.69, 9.17) is 0 Å². The van der Waals surface area contributed by atoms with E-state index >= 15 is 0 Å². The second kappa shape index (κ2) is 7.80. The van der Waals surface area contributed by atoms with Crippen LogP contribution in [0.5, 0.6) is 0 Å². The van der Waals surface area contributed by atoms with Crippen molar-refractivity contribution in [3.63, 3.8) is 0 Å². The number of allylic oxidation sites excluding steroid dienone is 2. The number of hydrogen-bond acceptors (Lipinski definition) is 5. The first-order valence-electron chi connectivity index (χ1n) is 14.1. The number of hydrogen-bond donors (Lipinski definition) is 5. The Morgan fingerprint density at radius 3 is 2.17 bits per heavy atom. The van der Waals surface area contributed by atoms with E-state index in [0.29, 0.717) is 6.42 Å². The molecule has 0 aromatic carbocycles. The largest absolute Gasteiger partial charge is 0.481 e. The summed E-state index contributed by atoms with van der Waals surface area (Å²) < 4.78 is 0. The number of aliphatic hydroxyl groups excluding tert-OH is 4. The highest BCUT2D eigenvalue weighted by Gasteiger charge is 2.72. The summed E-state index contributed by atoms with van der Waals surface area (Å²) in [5, 5.41) is 54.4. The normalized spacial score (nSPS) is 55.9. The molecule has 0 bridgehead atoms. The molecule has 0 spiro atoms. The molecule has 0 saturated heterocycles. The van der Waals surface area contributed by atoms with E-state index in [0.717, 1.165) is 44.9 Å². The van der Waals surface area contributed by atoms with Crippen LogP contribution in [0.3, 0.4) is 0 Å². The van der Waals surface area contributed by atoms with E-state index in [1.165, 1.54) is 5.57 Å². The maximum absolute atomic E-state index is 12.8. The van der Waals surface area contributed by atoms with Crippen molar-refractivity contribution >= 4 is 5.97 Å². The Morgan fingerprint density at radius 2 is 1.56 bits per heavy atom. The number of carbonyl (C=O) groups is 1. The molecule has 0 aromatic rings. The summed E-state index contributed by atoms with van der Waals surface area (Å²) in [5.74, 6) is -0.704. The predicted octanol–water partition coefficient (Wildman–Crippen LogP) is 4.15. The molecule has 4 fully saturated rings. The maximum Gasteiger partial charge on any atom is 0.310 e. The van der Waals surface area contributed by atoms with Crippen LogP contribution in [-0.2, 0) is 4.79 Å². The number of rotatable bonds is 2. The molecule has 0 amide bonds.